The second-order valence-electron chi connectivity index (χ2n) is 1.10. The third-order valence-electron chi connectivity index (χ3n) is 0.477. The summed E-state index contributed by atoms with van der Waals surface area (Å²) in [4.78, 5) is 17.6. The Morgan fingerprint density at radius 1 is 1.56 bits per heavy atom. The number of hydrogen-bond donors (Lipinski definition) is 2. The predicted molar refractivity (Wildman–Crippen MR) is 42.1 cm³/mol. The standard InChI is InChI=1S/C2H7Cl2O3PS/c1-2-7-8(5,6)9(3)4/h5-6H,2H2,1H3. The minimum absolute atomic E-state index is 0.198. The Hall–Kier alpha value is 1.24. The number of rotatable bonds is 2. The highest BCUT2D eigenvalue weighted by atomic mass is 36.0. The van der Waals surface area contributed by atoms with Crippen LogP contribution in [-0.4, -0.2) is 16.4 Å². The van der Waals surface area contributed by atoms with Crippen molar-refractivity contribution in [3.8, 4) is 0 Å². The van der Waals surface area contributed by atoms with Crippen LogP contribution in [0, 0.1) is 0 Å². The molecular weight excluding hydrogens is 206 g/mol. The second-order valence-corrected chi connectivity index (χ2v) is 8.88. The molecule has 0 saturated carbocycles. The lowest BCUT2D eigenvalue weighted by molar-refractivity contribution is 0.265. The fourth-order valence-electron chi connectivity index (χ4n) is 0.208. The monoisotopic (exact) mass is 212 g/mol. The third-order valence-corrected chi connectivity index (χ3v) is 6.06. The van der Waals surface area contributed by atoms with Crippen molar-refractivity contribution < 1.29 is 14.3 Å². The van der Waals surface area contributed by atoms with Crippen LogP contribution in [0.15, 0.2) is 0 Å². The van der Waals surface area contributed by atoms with Crippen molar-refractivity contribution in [3.63, 3.8) is 0 Å². The van der Waals surface area contributed by atoms with Crippen LogP contribution in [0.1, 0.15) is 6.92 Å². The van der Waals surface area contributed by atoms with Gasteiger partial charge >= 0.3 is 6.72 Å². The van der Waals surface area contributed by atoms with Gasteiger partial charge in [0.2, 0.25) is 0 Å². The van der Waals surface area contributed by atoms with E-state index in [9.17, 15) is 0 Å². The maximum absolute atomic E-state index is 8.78. The Morgan fingerprint density at radius 3 is 2.11 bits per heavy atom. The fourth-order valence-corrected chi connectivity index (χ4v) is 1.90. The summed E-state index contributed by atoms with van der Waals surface area (Å²) >= 11 is 0. The highest BCUT2D eigenvalue weighted by Crippen LogP contribution is 2.46. The normalized spacial score (nSPS) is 12.7. The molecule has 0 aromatic carbocycles. The molecule has 0 fully saturated rings. The zero-order valence-corrected chi connectivity index (χ0v) is 7.84. The maximum Gasteiger partial charge on any atom is 0.308 e. The average Bonchev–Trinajstić information content (AvgIpc) is 1.65. The summed E-state index contributed by atoms with van der Waals surface area (Å²) in [6, 6.07) is 0. The van der Waals surface area contributed by atoms with Gasteiger partial charge in [-0.2, -0.15) is 0 Å². The van der Waals surface area contributed by atoms with Gasteiger partial charge in [-0.25, -0.2) is 0 Å². The van der Waals surface area contributed by atoms with Crippen LogP contribution >= 0.6 is 28.1 Å². The molecule has 0 aliphatic rings. The number of hydrogen-bond acceptors (Lipinski definition) is 1. The molecule has 9 heavy (non-hydrogen) atoms. The highest BCUT2D eigenvalue weighted by molar-refractivity contribution is 8.53. The van der Waals surface area contributed by atoms with Crippen LogP contribution in [0.25, 0.3) is 0 Å². The summed E-state index contributed by atoms with van der Waals surface area (Å²) in [6.07, 6.45) is 0. The second kappa shape index (κ2) is 4.19. The molecule has 7 heteroatoms. The first-order valence-corrected chi connectivity index (χ1v) is 7.16. The molecule has 3 nitrogen and oxygen atoms in total. The highest BCUT2D eigenvalue weighted by Gasteiger charge is 2.13. The van der Waals surface area contributed by atoms with Crippen molar-refractivity contribution in [2.24, 2.45) is 0 Å². The molecule has 0 rings (SSSR count). The average molecular weight is 213 g/mol. The summed E-state index contributed by atoms with van der Waals surface area (Å²) in [7, 11) is 8.85. The van der Waals surface area contributed by atoms with Crippen molar-refractivity contribution in [2.75, 3.05) is 6.61 Å². The molecule has 0 unspecified atom stereocenters. The molecule has 0 aliphatic carbocycles. The fraction of sp³-hybridized carbons (Fsp3) is 1.00. The van der Waals surface area contributed by atoms with Crippen molar-refractivity contribution in [1.29, 1.82) is 0 Å². The van der Waals surface area contributed by atoms with E-state index >= 15 is 0 Å². The summed E-state index contributed by atoms with van der Waals surface area (Å²) in [5.74, 6) is 0. The van der Waals surface area contributed by atoms with E-state index in [1.54, 1.807) is 6.92 Å². The smallest absolute Gasteiger partial charge is 0.308 e. The lowest BCUT2D eigenvalue weighted by Gasteiger charge is -2.09. The topological polar surface area (TPSA) is 49.7 Å². The van der Waals surface area contributed by atoms with E-state index in [0.29, 0.717) is 0 Å². The Balaban J connectivity index is 4.19. The lowest BCUT2D eigenvalue weighted by atomic mass is 10.9. The van der Waals surface area contributed by atoms with Crippen LogP contribution in [0.4, 0.5) is 0 Å². The van der Waals surface area contributed by atoms with Crippen LogP contribution in [0.2, 0.25) is 0 Å². The van der Waals surface area contributed by atoms with Gasteiger partial charge in [0.1, 0.15) is 0 Å². The van der Waals surface area contributed by atoms with Gasteiger partial charge in [-0.05, 0) is 28.3 Å². The Kier molecular flexibility index (Phi) is 4.76. The molecular formula is C2H7Cl2O3PS. The zero-order chi connectivity index (χ0) is 7.49. The number of halogens is 2. The first kappa shape index (κ1) is 10.2. The molecule has 0 radical (unpaired) electrons. The molecule has 0 aromatic heterocycles. The third kappa shape index (κ3) is 3.83. The Labute approximate surface area is 64.7 Å². The van der Waals surface area contributed by atoms with Crippen LogP contribution in [0.3, 0.4) is 0 Å². The molecule has 0 amide bonds. The minimum atomic E-state index is -3.46. The van der Waals surface area contributed by atoms with E-state index in [0.717, 1.165) is 0 Å². The molecule has 0 saturated heterocycles. The Bertz CT molecular complexity index is 139. The summed E-state index contributed by atoms with van der Waals surface area (Å²) in [5.41, 5.74) is 0. The van der Waals surface area contributed by atoms with E-state index in [1.807, 2.05) is 0 Å². The lowest BCUT2D eigenvalue weighted by Crippen LogP contribution is -1.88. The van der Waals surface area contributed by atoms with E-state index in [4.69, 9.17) is 31.2 Å². The van der Waals surface area contributed by atoms with Gasteiger partial charge in [-0.1, -0.05) is 0 Å². The first-order chi connectivity index (χ1) is 4.00. The molecule has 2 N–H and O–H groups in total. The van der Waals surface area contributed by atoms with Gasteiger partial charge in [0.05, 0.1) is 15.1 Å². The summed E-state index contributed by atoms with van der Waals surface area (Å²) in [5, 5.41) is 0. The molecule has 0 atom stereocenters. The van der Waals surface area contributed by atoms with Gasteiger partial charge in [0.25, 0.3) is 0 Å². The van der Waals surface area contributed by atoms with E-state index < -0.39 is 15.2 Å². The largest absolute Gasteiger partial charge is 0.327 e. The van der Waals surface area contributed by atoms with Crippen molar-refractivity contribution in [2.45, 2.75) is 6.92 Å². The van der Waals surface area contributed by atoms with Crippen LogP contribution in [0.5, 0.6) is 0 Å². The molecule has 0 aliphatic heterocycles. The van der Waals surface area contributed by atoms with E-state index in [2.05, 4.69) is 4.52 Å². The SMILES string of the molecule is CCOP(O)(O)=S(Cl)Cl. The van der Waals surface area contributed by atoms with E-state index in [1.165, 1.54) is 0 Å². The van der Waals surface area contributed by atoms with Gasteiger partial charge in [0, 0.05) is 0 Å². The van der Waals surface area contributed by atoms with Crippen molar-refractivity contribution in [3.05, 3.63) is 0 Å². The van der Waals surface area contributed by atoms with Gasteiger partial charge in [-0.15, -0.1) is 0 Å². The van der Waals surface area contributed by atoms with Crippen LogP contribution < -0.4 is 0 Å². The quantitative estimate of drug-likeness (QED) is 0.685. The molecule has 58 valence electrons. The minimum Gasteiger partial charge on any atom is -0.327 e. The molecule has 0 bridgehead atoms. The molecule has 0 aromatic rings. The summed E-state index contributed by atoms with van der Waals surface area (Å²) < 4.78 is 4.46. The van der Waals surface area contributed by atoms with Gasteiger partial charge in [-0.3, -0.25) is 0 Å². The molecule has 0 spiro atoms. The predicted octanol–water partition coefficient (Wildman–Crippen LogP) is 1.61. The molecule has 0 heterocycles. The van der Waals surface area contributed by atoms with Gasteiger partial charge < -0.3 is 14.3 Å². The first-order valence-electron chi connectivity index (χ1n) is 2.07. The maximum atomic E-state index is 8.78. The van der Waals surface area contributed by atoms with E-state index in [-0.39, 0.29) is 6.61 Å². The van der Waals surface area contributed by atoms with Crippen molar-refractivity contribution >= 4 is 36.6 Å². The summed E-state index contributed by atoms with van der Waals surface area (Å²) in [6.45, 7) is -1.63. The van der Waals surface area contributed by atoms with Gasteiger partial charge in [0.15, 0.2) is 0 Å². The van der Waals surface area contributed by atoms with Crippen molar-refractivity contribution in [1.82, 2.24) is 0 Å². The Morgan fingerprint density at radius 2 is 2.00 bits per heavy atom. The van der Waals surface area contributed by atoms with Crippen LogP contribution in [-0.2, 0) is 13.0 Å². The zero-order valence-electron chi connectivity index (χ0n) is 4.62.